The lowest BCUT2D eigenvalue weighted by atomic mass is 9.32. The van der Waals surface area contributed by atoms with Crippen molar-refractivity contribution < 1.29 is 24.2 Å². The van der Waals surface area contributed by atoms with Crippen molar-refractivity contribution in [3.05, 3.63) is 35.9 Å². The molecular weight excluding hydrogens is 322 g/mol. The summed E-state index contributed by atoms with van der Waals surface area (Å²) in [7, 11) is 0. The lowest BCUT2D eigenvalue weighted by Gasteiger charge is -2.72. The standard InChI is InChI=1S/C19H25NO5/c1-2-24-9-8-18-11-19(12-18,13-18)15(16(21)22)20-17(23)25-10-14-6-4-3-5-7-14/h3-7,15H,2,8-13H2,1H3,(H,20,23)(H,21,22). The zero-order valence-electron chi connectivity index (χ0n) is 14.5. The number of carbonyl (C=O) groups is 2. The Labute approximate surface area is 147 Å². The largest absolute Gasteiger partial charge is 0.480 e. The van der Waals surface area contributed by atoms with E-state index in [0.717, 1.165) is 37.9 Å². The molecule has 0 radical (unpaired) electrons. The SMILES string of the molecule is CCOCCC12CC(C(NC(=O)OCc3ccccc3)C(=O)O)(C1)C2. The molecule has 4 rings (SSSR count). The molecule has 6 nitrogen and oxygen atoms in total. The molecule has 0 heterocycles. The van der Waals surface area contributed by atoms with Gasteiger partial charge in [0.1, 0.15) is 12.6 Å². The molecule has 136 valence electrons. The second-order valence-corrected chi connectivity index (χ2v) is 7.32. The van der Waals surface area contributed by atoms with Gasteiger partial charge in [0.05, 0.1) is 0 Å². The highest BCUT2D eigenvalue weighted by Gasteiger charge is 2.71. The Kier molecular flexibility index (Phi) is 4.99. The topological polar surface area (TPSA) is 84.9 Å². The quantitative estimate of drug-likeness (QED) is 0.671. The van der Waals surface area contributed by atoms with E-state index in [1.54, 1.807) is 0 Å². The number of alkyl carbamates (subject to hydrolysis) is 1. The summed E-state index contributed by atoms with van der Waals surface area (Å²) < 4.78 is 10.6. The monoisotopic (exact) mass is 347 g/mol. The van der Waals surface area contributed by atoms with Gasteiger partial charge in [-0.3, -0.25) is 0 Å². The van der Waals surface area contributed by atoms with Crippen molar-refractivity contribution in [2.45, 2.75) is 45.3 Å². The molecule has 0 aliphatic heterocycles. The van der Waals surface area contributed by atoms with Crippen LogP contribution in [0, 0.1) is 10.8 Å². The van der Waals surface area contributed by atoms with E-state index in [9.17, 15) is 14.7 Å². The lowest BCUT2D eigenvalue weighted by Crippen LogP contribution is -2.71. The predicted molar refractivity (Wildman–Crippen MR) is 91.0 cm³/mol. The van der Waals surface area contributed by atoms with Gasteiger partial charge in [-0.05, 0) is 43.6 Å². The Bertz CT molecular complexity index is 610. The van der Waals surface area contributed by atoms with Gasteiger partial charge in [-0.2, -0.15) is 0 Å². The summed E-state index contributed by atoms with van der Waals surface area (Å²) in [5.74, 6) is -0.991. The third-order valence-corrected chi connectivity index (χ3v) is 5.50. The minimum Gasteiger partial charge on any atom is -0.480 e. The molecule has 3 fully saturated rings. The number of nitrogens with one attached hydrogen (secondary N) is 1. The van der Waals surface area contributed by atoms with Crippen molar-refractivity contribution in [1.82, 2.24) is 5.32 Å². The lowest BCUT2D eigenvalue weighted by molar-refractivity contribution is -0.231. The highest BCUT2D eigenvalue weighted by Crippen LogP contribution is 2.76. The second kappa shape index (κ2) is 7.04. The van der Waals surface area contributed by atoms with Crippen LogP contribution in [0.2, 0.25) is 0 Å². The maximum atomic E-state index is 12.0. The molecule has 6 heteroatoms. The predicted octanol–water partition coefficient (Wildman–Crippen LogP) is 2.96. The summed E-state index contributed by atoms with van der Waals surface area (Å²) in [6.45, 7) is 3.52. The van der Waals surface area contributed by atoms with Gasteiger partial charge in [0.25, 0.3) is 0 Å². The second-order valence-electron chi connectivity index (χ2n) is 7.32. The Hall–Kier alpha value is -2.08. The number of carbonyl (C=O) groups excluding carboxylic acids is 1. The number of ether oxygens (including phenoxy) is 2. The van der Waals surface area contributed by atoms with Crippen molar-refractivity contribution in [3.8, 4) is 0 Å². The van der Waals surface area contributed by atoms with Gasteiger partial charge in [-0.25, -0.2) is 9.59 Å². The van der Waals surface area contributed by atoms with Crippen molar-refractivity contribution in [2.75, 3.05) is 13.2 Å². The molecule has 1 aromatic carbocycles. The van der Waals surface area contributed by atoms with E-state index >= 15 is 0 Å². The first-order chi connectivity index (χ1) is 12.0. The van der Waals surface area contributed by atoms with Crippen LogP contribution in [0.4, 0.5) is 4.79 Å². The van der Waals surface area contributed by atoms with E-state index in [1.165, 1.54) is 0 Å². The fraction of sp³-hybridized carbons (Fsp3) is 0.579. The van der Waals surface area contributed by atoms with Gasteiger partial charge in [0.2, 0.25) is 0 Å². The highest BCUT2D eigenvalue weighted by atomic mass is 16.5. The van der Waals surface area contributed by atoms with Crippen molar-refractivity contribution in [1.29, 1.82) is 0 Å². The first-order valence-electron chi connectivity index (χ1n) is 8.76. The van der Waals surface area contributed by atoms with Gasteiger partial charge < -0.3 is 19.9 Å². The third kappa shape index (κ3) is 3.63. The number of hydrogen-bond donors (Lipinski definition) is 2. The molecule has 1 atom stereocenters. The Morgan fingerprint density at radius 3 is 2.52 bits per heavy atom. The molecule has 1 unspecified atom stereocenters. The minimum atomic E-state index is -0.991. The van der Waals surface area contributed by atoms with E-state index in [-0.39, 0.29) is 17.4 Å². The highest BCUT2D eigenvalue weighted by molar-refractivity contribution is 5.81. The van der Waals surface area contributed by atoms with Crippen LogP contribution in [0.1, 0.15) is 38.2 Å². The van der Waals surface area contributed by atoms with E-state index in [4.69, 9.17) is 9.47 Å². The third-order valence-electron chi connectivity index (χ3n) is 5.50. The maximum Gasteiger partial charge on any atom is 0.408 e. The molecule has 1 amide bonds. The number of amides is 1. The Balaban J connectivity index is 1.48. The number of carboxylic acid groups (broad SMARTS) is 1. The number of aliphatic carboxylic acids is 1. The Morgan fingerprint density at radius 1 is 1.24 bits per heavy atom. The van der Waals surface area contributed by atoms with Crippen molar-refractivity contribution in [3.63, 3.8) is 0 Å². The van der Waals surface area contributed by atoms with E-state index < -0.39 is 18.1 Å². The van der Waals surface area contributed by atoms with Gasteiger partial charge >= 0.3 is 12.1 Å². The average molecular weight is 347 g/mol. The number of rotatable bonds is 9. The average Bonchev–Trinajstić information content (AvgIpc) is 2.53. The maximum absolute atomic E-state index is 12.0. The molecular formula is C19H25NO5. The molecule has 0 aromatic heterocycles. The fourth-order valence-corrected chi connectivity index (χ4v) is 4.45. The van der Waals surface area contributed by atoms with Gasteiger partial charge in [0, 0.05) is 18.6 Å². The molecule has 3 saturated carbocycles. The number of carboxylic acids is 1. The minimum absolute atomic E-state index is 0.129. The van der Waals surface area contributed by atoms with Crippen LogP contribution >= 0.6 is 0 Å². The van der Waals surface area contributed by atoms with Crippen LogP contribution in [0.3, 0.4) is 0 Å². The molecule has 0 saturated heterocycles. The van der Waals surface area contributed by atoms with Gasteiger partial charge in [0.15, 0.2) is 0 Å². The molecule has 3 aliphatic rings. The summed E-state index contributed by atoms with van der Waals surface area (Å²) in [5.41, 5.74) is 0.771. The number of benzene rings is 1. The zero-order chi connectivity index (χ0) is 17.9. The fourth-order valence-electron chi connectivity index (χ4n) is 4.45. The van der Waals surface area contributed by atoms with Gasteiger partial charge in [-0.15, -0.1) is 0 Å². The van der Waals surface area contributed by atoms with E-state index in [0.29, 0.717) is 6.61 Å². The van der Waals surface area contributed by atoms with Crippen LogP contribution in [-0.2, 0) is 20.9 Å². The first-order valence-corrected chi connectivity index (χ1v) is 8.76. The first kappa shape index (κ1) is 17.7. The van der Waals surface area contributed by atoms with Gasteiger partial charge in [-0.1, -0.05) is 30.3 Å². The summed E-state index contributed by atoms with van der Waals surface area (Å²) in [6.07, 6.45) is 2.80. The molecule has 25 heavy (non-hydrogen) atoms. The summed E-state index contributed by atoms with van der Waals surface area (Å²) in [4.78, 5) is 23.7. The van der Waals surface area contributed by atoms with Crippen LogP contribution in [0.15, 0.2) is 30.3 Å². The summed E-state index contributed by atoms with van der Waals surface area (Å²) in [6, 6.07) is 8.43. The Morgan fingerprint density at radius 2 is 1.92 bits per heavy atom. The smallest absolute Gasteiger partial charge is 0.408 e. The normalized spacial score (nSPS) is 27.6. The van der Waals surface area contributed by atoms with E-state index in [1.807, 2.05) is 37.3 Å². The van der Waals surface area contributed by atoms with Crippen LogP contribution in [0.5, 0.6) is 0 Å². The zero-order valence-corrected chi connectivity index (χ0v) is 14.5. The van der Waals surface area contributed by atoms with Crippen molar-refractivity contribution in [2.24, 2.45) is 10.8 Å². The summed E-state index contributed by atoms with van der Waals surface area (Å²) in [5, 5.41) is 12.1. The van der Waals surface area contributed by atoms with Crippen LogP contribution in [0.25, 0.3) is 0 Å². The van der Waals surface area contributed by atoms with E-state index in [2.05, 4.69) is 5.32 Å². The molecule has 3 aliphatic carbocycles. The molecule has 1 aromatic rings. The number of hydrogen-bond acceptors (Lipinski definition) is 4. The summed E-state index contributed by atoms with van der Waals surface area (Å²) >= 11 is 0. The molecule has 2 N–H and O–H groups in total. The molecule has 0 spiro atoms. The van der Waals surface area contributed by atoms with Crippen LogP contribution in [-0.4, -0.2) is 36.4 Å². The van der Waals surface area contributed by atoms with Crippen molar-refractivity contribution >= 4 is 12.1 Å². The van der Waals surface area contributed by atoms with Crippen LogP contribution < -0.4 is 5.32 Å². The molecule has 2 bridgehead atoms.